The van der Waals surface area contributed by atoms with Gasteiger partial charge in [0.1, 0.15) is 5.75 Å². The summed E-state index contributed by atoms with van der Waals surface area (Å²) < 4.78 is 5.93. The lowest BCUT2D eigenvalue weighted by atomic mass is 9.87. The van der Waals surface area contributed by atoms with Crippen LogP contribution in [-0.2, 0) is 5.41 Å². The number of benzene rings is 1. The highest BCUT2D eigenvalue weighted by molar-refractivity contribution is 5.32. The number of ether oxygens (including phenoxy) is 1. The molecule has 1 nitrogen and oxygen atoms in total. The van der Waals surface area contributed by atoms with Crippen LogP contribution in [0.25, 0.3) is 0 Å². The van der Waals surface area contributed by atoms with Gasteiger partial charge in [-0.2, -0.15) is 0 Å². The van der Waals surface area contributed by atoms with E-state index in [0.29, 0.717) is 0 Å². The maximum absolute atomic E-state index is 5.93. The van der Waals surface area contributed by atoms with Crippen LogP contribution >= 0.6 is 0 Å². The van der Waals surface area contributed by atoms with Gasteiger partial charge in [0.25, 0.3) is 0 Å². The predicted molar refractivity (Wildman–Crippen MR) is 72.6 cm³/mol. The molecule has 0 radical (unpaired) electrons. The molecule has 0 aromatic heterocycles. The lowest BCUT2D eigenvalue weighted by Gasteiger charge is -2.20. The van der Waals surface area contributed by atoms with Crippen molar-refractivity contribution >= 4 is 0 Å². The van der Waals surface area contributed by atoms with Crippen LogP contribution in [0.5, 0.6) is 5.75 Å². The third-order valence-corrected chi connectivity index (χ3v) is 3.66. The second-order valence-corrected chi connectivity index (χ2v) is 6.24. The number of hydrogen-bond donors (Lipinski definition) is 0. The summed E-state index contributed by atoms with van der Waals surface area (Å²) in [4.78, 5) is 0. The van der Waals surface area contributed by atoms with Gasteiger partial charge in [0, 0.05) is 0 Å². The fourth-order valence-electron chi connectivity index (χ4n) is 2.44. The lowest BCUT2D eigenvalue weighted by molar-refractivity contribution is 0.251. The first kappa shape index (κ1) is 12.5. The zero-order chi connectivity index (χ0) is 12.3. The van der Waals surface area contributed by atoms with Gasteiger partial charge in [0.15, 0.2) is 0 Å². The molecule has 1 aliphatic carbocycles. The minimum absolute atomic E-state index is 0.201. The molecule has 1 aromatic rings. The highest BCUT2D eigenvalue weighted by Gasteiger charge is 2.17. The molecule has 17 heavy (non-hydrogen) atoms. The molecule has 1 saturated carbocycles. The van der Waals surface area contributed by atoms with E-state index in [1.807, 2.05) is 0 Å². The molecule has 0 heterocycles. The van der Waals surface area contributed by atoms with Gasteiger partial charge >= 0.3 is 0 Å². The maximum Gasteiger partial charge on any atom is 0.119 e. The third kappa shape index (κ3) is 3.49. The molecule has 94 valence electrons. The molecule has 0 amide bonds. The van der Waals surface area contributed by atoms with E-state index in [1.165, 1.54) is 31.2 Å². The van der Waals surface area contributed by atoms with Crippen LogP contribution in [0.2, 0.25) is 0 Å². The van der Waals surface area contributed by atoms with Crippen molar-refractivity contribution in [2.75, 3.05) is 6.61 Å². The van der Waals surface area contributed by atoms with Crippen molar-refractivity contribution in [2.24, 2.45) is 5.92 Å². The van der Waals surface area contributed by atoms with Gasteiger partial charge in [-0.15, -0.1) is 0 Å². The molecule has 0 atom stereocenters. The van der Waals surface area contributed by atoms with Gasteiger partial charge < -0.3 is 4.74 Å². The van der Waals surface area contributed by atoms with Crippen LogP contribution in [0.3, 0.4) is 0 Å². The molecule has 1 aromatic carbocycles. The minimum Gasteiger partial charge on any atom is -0.493 e. The van der Waals surface area contributed by atoms with Gasteiger partial charge in [0.05, 0.1) is 6.61 Å². The van der Waals surface area contributed by atoms with Gasteiger partial charge in [-0.25, -0.2) is 0 Å². The molecule has 0 unspecified atom stereocenters. The van der Waals surface area contributed by atoms with Crippen LogP contribution in [0.4, 0.5) is 0 Å². The van der Waals surface area contributed by atoms with Crippen molar-refractivity contribution in [3.05, 3.63) is 29.8 Å². The molecule has 0 bridgehead atoms. The first-order valence-corrected chi connectivity index (χ1v) is 6.79. The quantitative estimate of drug-likeness (QED) is 0.742. The van der Waals surface area contributed by atoms with Crippen LogP contribution < -0.4 is 4.74 Å². The van der Waals surface area contributed by atoms with Crippen molar-refractivity contribution in [1.29, 1.82) is 0 Å². The maximum atomic E-state index is 5.93. The van der Waals surface area contributed by atoms with Crippen LogP contribution in [0, 0.1) is 5.92 Å². The summed E-state index contributed by atoms with van der Waals surface area (Å²) in [5, 5.41) is 0. The van der Waals surface area contributed by atoms with Crippen molar-refractivity contribution < 1.29 is 4.74 Å². The minimum atomic E-state index is 0.201. The van der Waals surface area contributed by atoms with Gasteiger partial charge in [-0.1, -0.05) is 45.7 Å². The van der Waals surface area contributed by atoms with Crippen LogP contribution in [-0.4, -0.2) is 6.61 Å². The Kier molecular flexibility index (Phi) is 3.76. The number of rotatable bonds is 3. The Labute approximate surface area is 105 Å². The smallest absolute Gasteiger partial charge is 0.119 e. The zero-order valence-corrected chi connectivity index (χ0v) is 11.3. The predicted octanol–water partition coefficient (Wildman–Crippen LogP) is 4.55. The highest BCUT2D eigenvalue weighted by atomic mass is 16.5. The Morgan fingerprint density at radius 3 is 2.53 bits per heavy atom. The number of hydrogen-bond acceptors (Lipinski definition) is 1. The summed E-state index contributed by atoms with van der Waals surface area (Å²) in [6, 6.07) is 8.55. The highest BCUT2D eigenvalue weighted by Crippen LogP contribution is 2.28. The first-order valence-electron chi connectivity index (χ1n) is 6.79. The Morgan fingerprint density at radius 2 is 1.88 bits per heavy atom. The summed E-state index contributed by atoms with van der Waals surface area (Å²) in [5.74, 6) is 1.82. The summed E-state index contributed by atoms with van der Waals surface area (Å²) in [5.41, 5.74) is 1.55. The van der Waals surface area contributed by atoms with E-state index in [4.69, 9.17) is 4.74 Å². The van der Waals surface area contributed by atoms with Crippen LogP contribution in [0.1, 0.15) is 52.0 Å². The summed E-state index contributed by atoms with van der Waals surface area (Å²) in [6.45, 7) is 7.61. The fraction of sp³-hybridized carbons (Fsp3) is 0.625. The SMILES string of the molecule is CC(C)(C)c1cccc(OCC2CCCC2)c1. The standard InChI is InChI=1S/C16H24O/c1-16(2,3)14-9-6-10-15(11-14)17-12-13-7-4-5-8-13/h6,9-11,13H,4-5,7-8,12H2,1-3H3. The van der Waals surface area contributed by atoms with E-state index >= 15 is 0 Å². The summed E-state index contributed by atoms with van der Waals surface area (Å²) in [7, 11) is 0. The first-order chi connectivity index (χ1) is 8.05. The second-order valence-electron chi connectivity index (χ2n) is 6.24. The second kappa shape index (κ2) is 5.12. The van der Waals surface area contributed by atoms with E-state index in [1.54, 1.807) is 0 Å². The molecule has 0 N–H and O–H groups in total. The van der Waals surface area contributed by atoms with Gasteiger partial charge in [0.2, 0.25) is 0 Å². The molecule has 0 aliphatic heterocycles. The molecular formula is C16H24O. The average molecular weight is 232 g/mol. The average Bonchev–Trinajstić information content (AvgIpc) is 2.78. The van der Waals surface area contributed by atoms with Crippen molar-refractivity contribution in [2.45, 2.75) is 51.9 Å². The zero-order valence-electron chi connectivity index (χ0n) is 11.3. The molecule has 1 fully saturated rings. The Balaban J connectivity index is 1.96. The Hall–Kier alpha value is -0.980. The van der Waals surface area contributed by atoms with Crippen molar-refractivity contribution in [3.8, 4) is 5.75 Å². The Bertz CT molecular complexity index is 356. The monoisotopic (exact) mass is 232 g/mol. The van der Waals surface area contributed by atoms with E-state index < -0.39 is 0 Å². The normalized spacial score (nSPS) is 17.4. The van der Waals surface area contributed by atoms with E-state index in [9.17, 15) is 0 Å². The molecule has 2 rings (SSSR count). The summed E-state index contributed by atoms with van der Waals surface area (Å²) >= 11 is 0. The van der Waals surface area contributed by atoms with E-state index in [-0.39, 0.29) is 5.41 Å². The third-order valence-electron chi connectivity index (χ3n) is 3.66. The fourth-order valence-corrected chi connectivity index (χ4v) is 2.44. The van der Waals surface area contributed by atoms with Crippen LogP contribution in [0.15, 0.2) is 24.3 Å². The molecular weight excluding hydrogens is 208 g/mol. The van der Waals surface area contributed by atoms with Gasteiger partial charge in [-0.05, 0) is 41.9 Å². The largest absolute Gasteiger partial charge is 0.493 e. The van der Waals surface area contributed by atoms with Crippen molar-refractivity contribution in [1.82, 2.24) is 0 Å². The van der Waals surface area contributed by atoms with E-state index in [0.717, 1.165) is 18.3 Å². The van der Waals surface area contributed by atoms with Gasteiger partial charge in [-0.3, -0.25) is 0 Å². The Morgan fingerprint density at radius 1 is 1.18 bits per heavy atom. The summed E-state index contributed by atoms with van der Waals surface area (Å²) in [6.07, 6.45) is 5.46. The molecule has 1 aliphatic rings. The molecule has 1 heteroatoms. The molecule has 0 saturated heterocycles. The lowest BCUT2D eigenvalue weighted by Crippen LogP contribution is -2.12. The van der Waals surface area contributed by atoms with E-state index in [2.05, 4.69) is 45.0 Å². The topological polar surface area (TPSA) is 9.23 Å². The molecule has 0 spiro atoms. The van der Waals surface area contributed by atoms with Crippen molar-refractivity contribution in [3.63, 3.8) is 0 Å².